The standard InChI is InChI=1S/C20H16BrN/c1-15(16-9-3-2-4-10-16)17-11-5-7-13-19(17)22-20-14-8-6-12-18(20)21/h2-14,22H,1H2. The molecule has 0 radical (unpaired) electrons. The van der Waals surface area contributed by atoms with Crippen LogP contribution in [0.1, 0.15) is 11.1 Å². The zero-order valence-corrected chi connectivity index (χ0v) is 13.7. The van der Waals surface area contributed by atoms with Crippen LogP contribution in [0.25, 0.3) is 5.57 Å². The van der Waals surface area contributed by atoms with Gasteiger partial charge in [-0.15, -0.1) is 0 Å². The van der Waals surface area contributed by atoms with Gasteiger partial charge in [0.25, 0.3) is 0 Å². The molecule has 0 spiro atoms. The van der Waals surface area contributed by atoms with Crippen LogP contribution in [0.2, 0.25) is 0 Å². The summed E-state index contributed by atoms with van der Waals surface area (Å²) in [5, 5.41) is 3.48. The minimum Gasteiger partial charge on any atom is -0.354 e. The first kappa shape index (κ1) is 14.6. The van der Waals surface area contributed by atoms with E-state index in [2.05, 4.69) is 52.1 Å². The topological polar surface area (TPSA) is 12.0 Å². The molecule has 3 rings (SSSR count). The van der Waals surface area contributed by atoms with Crippen molar-refractivity contribution in [3.63, 3.8) is 0 Å². The third-order valence-electron chi connectivity index (χ3n) is 3.52. The molecule has 0 amide bonds. The van der Waals surface area contributed by atoms with Gasteiger partial charge >= 0.3 is 0 Å². The maximum Gasteiger partial charge on any atom is 0.0528 e. The van der Waals surface area contributed by atoms with Gasteiger partial charge < -0.3 is 5.32 Å². The fourth-order valence-electron chi connectivity index (χ4n) is 2.36. The Bertz CT molecular complexity index is 794. The number of hydrogen-bond donors (Lipinski definition) is 1. The van der Waals surface area contributed by atoms with Gasteiger partial charge in [0.05, 0.1) is 5.69 Å². The van der Waals surface area contributed by atoms with Gasteiger partial charge in [-0.3, -0.25) is 0 Å². The van der Waals surface area contributed by atoms with E-state index in [4.69, 9.17) is 0 Å². The van der Waals surface area contributed by atoms with Gasteiger partial charge in [0, 0.05) is 15.7 Å². The average Bonchev–Trinajstić information content (AvgIpc) is 2.58. The van der Waals surface area contributed by atoms with Crippen molar-refractivity contribution in [1.29, 1.82) is 0 Å². The molecule has 0 aliphatic carbocycles. The molecule has 0 aromatic heterocycles. The van der Waals surface area contributed by atoms with Crippen molar-refractivity contribution < 1.29 is 0 Å². The first-order valence-electron chi connectivity index (χ1n) is 7.11. The van der Waals surface area contributed by atoms with E-state index < -0.39 is 0 Å². The molecule has 0 atom stereocenters. The van der Waals surface area contributed by atoms with Crippen molar-refractivity contribution in [3.8, 4) is 0 Å². The highest BCUT2D eigenvalue weighted by Gasteiger charge is 2.08. The molecular formula is C20H16BrN. The predicted molar refractivity (Wildman–Crippen MR) is 98.4 cm³/mol. The van der Waals surface area contributed by atoms with Crippen LogP contribution in [0.5, 0.6) is 0 Å². The van der Waals surface area contributed by atoms with Crippen molar-refractivity contribution in [2.24, 2.45) is 0 Å². The Hall–Kier alpha value is -2.32. The molecular weight excluding hydrogens is 334 g/mol. The molecule has 0 saturated heterocycles. The Kier molecular flexibility index (Phi) is 4.40. The number of para-hydroxylation sites is 2. The van der Waals surface area contributed by atoms with E-state index in [0.717, 1.165) is 32.5 Å². The van der Waals surface area contributed by atoms with Gasteiger partial charge in [0.2, 0.25) is 0 Å². The largest absolute Gasteiger partial charge is 0.354 e. The summed E-state index contributed by atoms with van der Waals surface area (Å²) in [6.45, 7) is 4.27. The monoisotopic (exact) mass is 349 g/mol. The first-order valence-corrected chi connectivity index (χ1v) is 7.90. The molecule has 0 unspecified atom stereocenters. The minimum absolute atomic E-state index is 1.01. The molecule has 0 bridgehead atoms. The summed E-state index contributed by atoms with van der Waals surface area (Å²) in [7, 11) is 0. The summed E-state index contributed by atoms with van der Waals surface area (Å²) in [6, 6.07) is 26.6. The molecule has 1 N–H and O–H groups in total. The van der Waals surface area contributed by atoms with E-state index in [9.17, 15) is 0 Å². The molecule has 0 fully saturated rings. The lowest BCUT2D eigenvalue weighted by atomic mass is 9.98. The Morgan fingerprint density at radius 3 is 2.05 bits per heavy atom. The van der Waals surface area contributed by atoms with Crippen LogP contribution in [0.15, 0.2) is 89.9 Å². The van der Waals surface area contributed by atoms with E-state index in [-0.39, 0.29) is 0 Å². The molecule has 1 nitrogen and oxygen atoms in total. The second kappa shape index (κ2) is 6.63. The normalized spacial score (nSPS) is 10.2. The Morgan fingerprint density at radius 2 is 1.32 bits per heavy atom. The highest BCUT2D eigenvalue weighted by Crippen LogP contribution is 2.32. The number of benzene rings is 3. The molecule has 3 aromatic carbocycles. The van der Waals surface area contributed by atoms with Gasteiger partial charge in [-0.1, -0.05) is 67.2 Å². The SMILES string of the molecule is C=C(c1ccccc1)c1ccccc1Nc1ccccc1Br. The van der Waals surface area contributed by atoms with Crippen molar-refractivity contribution in [2.45, 2.75) is 0 Å². The van der Waals surface area contributed by atoms with E-state index in [1.54, 1.807) is 0 Å². The molecule has 2 heteroatoms. The number of rotatable bonds is 4. The molecule has 108 valence electrons. The zero-order valence-electron chi connectivity index (χ0n) is 12.1. The summed E-state index contributed by atoms with van der Waals surface area (Å²) in [5.41, 5.74) is 5.32. The molecule has 22 heavy (non-hydrogen) atoms. The average molecular weight is 350 g/mol. The Balaban J connectivity index is 1.97. The zero-order chi connectivity index (χ0) is 15.4. The summed E-state index contributed by atoms with van der Waals surface area (Å²) in [6.07, 6.45) is 0. The van der Waals surface area contributed by atoms with Crippen LogP contribution in [0, 0.1) is 0 Å². The van der Waals surface area contributed by atoms with Gasteiger partial charge in [-0.05, 0) is 45.3 Å². The second-order valence-corrected chi connectivity index (χ2v) is 5.85. The molecule has 0 aliphatic rings. The van der Waals surface area contributed by atoms with Crippen molar-refractivity contribution >= 4 is 32.9 Å². The van der Waals surface area contributed by atoms with E-state index in [1.165, 1.54) is 0 Å². The van der Waals surface area contributed by atoms with Crippen molar-refractivity contribution in [3.05, 3.63) is 101 Å². The van der Waals surface area contributed by atoms with Crippen LogP contribution < -0.4 is 5.32 Å². The smallest absolute Gasteiger partial charge is 0.0528 e. The molecule has 0 aliphatic heterocycles. The summed E-state index contributed by atoms with van der Waals surface area (Å²) >= 11 is 3.58. The van der Waals surface area contributed by atoms with E-state index in [0.29, 0.717) is 0 Å². The Morgan fingerprint density at radius 1 is 0.727 bits per heavy atom. The molecule has 0 heterocycles. The summed E-state index contributed by atoms with van der Waals surface area (Å²) < 4.78 is 1.04. The maximum atomic E-state index is 4.27. The van der Waals surface area contributed by atoms with Gasteiger partial charge in [0.1, 0.15) is 0 Å². The van der Waals surface area contributed by atoms with Crippen LogP contribution in [0.4, 0.5) is 11.4 Å². The highest BCUT2D eigenvalue weighted by atomic mass is 79.9. The number of halogens is 1. The summed E-state index contributed by atoms with van der Waals surface area (Å²) in [4.78, 5) is 0. The van der Waals surface area contributed by atoms with E-state index >= 15 is 0 Å². The Labute approximate surface area is 139 Å². The quantitative estimate of drug-likeness (QED) is 0.586. The predicted octanol–water partition coefficient (Wildman–Crippen LogP) is 6.25. The van der Waals surface area contributed by atoms with Gasteiger partial charge in [-0.25, -0.2) is 0 Å². The lowest BCUT2D eigenvalue weighted by Crippen LogP contribution is -1.96. The van der Waals surface area contributed by atoms with Crippen LogP contribution in [-0.2, 0) is 0 Å². The minimum atomic E-state index is 1.01. The third kappa shape index (κ3) is 3.12. The summed E-state index contributed by atoms with van der Waals surface area (Å²) in [5.74, 6) is 0. The maximum absolute atomic E-state index is 4.27. The second-order valence-electron chi connectivity index (χ2n) is 5.00. The lowest BCUT2D eigenvalue weighted by molar-refractivity contribution is 1.48. The van der Waals surface area contributed by atoms with Crippen molar-refractivity contribution in [1.82, 2.24) is 0 Å². The number of nitrogens with one attached hydrogen (secondary N) is 1. The third-order valence-corrected chi connectivity index (χ3v) is 4.21. The number of anilines is 2. The fraction of sp³-hybridized carbons (Fsp3) is 0. The van der Waals surface area contributed by atoms with Crippen LogP contribution >= 0.6 is 15.9 Å². The van der Waals surface area contributed by atoms with Gasteiger partial charge in [-0.2, -0.15) is 0 Å². The van der Waals surface area contributed by atoms with Crippen LogP contribution in [-0.4, -0.2) is 0 Å². The van der Waals surface area contributed by atoms with Crippen LogP contribution in [0.3, 0.4) is 0 Å². The lowest BCUT2D eigenvalue weighted by Gasteiger charge is -2.15. The molecule has 3 aromatic rings. The first-order chi connectivity index (χ1) is 10.8. The van der Waals surface area contributed by atoms with E-state index in [1.807, 2.05) is 54.6 Å². The van der Waals surface area contributed by atoms with Crippen molar-refractivity contribution in [2.75, 3.05) is 5.32 Å². The molecule has 0 saturated carbocycles. The van der Waals surface area contributed by atoms with Gasteiger partial charge in [0.15, 0.2) is 0 Å². The fourth-order valence-corrected chi connectivity index (χ4v) is 2.74. The highest BCUT2D eigenvalue weighted by molar-refractivity contribution is 9.10. The number of hydrogen-bond acceptors (Lipinski definition) is 1.